The minimum atomic E-state index is -0.756. The van der Waals surface area contributed by atoms with Crippen LogP contribution in [0.15, 0.2) is 42.5 Å². The van der Waals surface area contributed by atoms with Crippen LogP contribution in [0.4, 0.5) is 5.69 Å². The van der Waals surface area contributed by atoms with Crippen molar-refractivity contribution in [2.45, 2.75) is 25.8 Å². The standard InChI is InChI=1S/C19H20Cl2N2O3/c1-2-6-16(12-7-4-3-5-8-12)23-17(24)11-26-19(25)14-9-13(20)10-15(21)18(14)22/h3-5,7-10,16H,2,6,11,22H2,1H3,(H,23,24)/t16-/m1/s1. The first-order chi connectivity index (χ1) is 12.4. The van der Waals surface area contributed by atoms with Crippen LogP contribution in [0, 0.1) is 0 Å². The SMILES string of the molecule is CCC[C@@H](NC(=O)COC(=O)c1cc(Cl)cc(Cl)c1N)c1ccccc1. The number of nitrogens with two attached hydrogens (primary N) is 1. The highest BCUT2D eigenvalue weighted by Gasteiger charge is 2.18. The lowest BCUT2D eigenvalue weighted by Gasteiger charge is -2.18. The van der Waals surface area contributed by atoms with Gasteiger partial charge in [-0.05, 0) is 24.1 Å². The third kappa shape index (κ3) is 5.38. The molecule has 5 nitrogen and oxygen atoms in total. The van der Waals surface area contributed by atoms with Gasteiger partial charge in [-0.2, -0.15) is 0 Å². The Hall–Kier alpha value is -2.24. The molecule has 0 aliphatic carbocycles. The predicted molar refractivity (Wildman–Crippen MR) is 103 cm³/mol. The van der Waals surface area contributed by atoms with Crippen molar-refractivity contribution in [1.29, 1.82) is 0 Å². The van der Waals surface area contributed by atoms with Crippen molar-refractivity contribution in [3.05, 3.63) is 63.6 Å². The molecule has 1 atom stereocenters. The summed E-state index contributed by atoms with van der Waals surface area (Å²) in [6.45, 7) is 1.61. The van der Waals surface area contributed by atoms with Crippen LogP contribution in [-0.2, 0) is 9.53 Å². The summed E-state index contributed by atoms with van der Waals surface area (Å²) in [5, 5.41) is 3.29. The highest BCUT2D eigenvalue weighted by Crippen LogP contribution is 2.28. The summed E-state index contributed by atoms with van der Waals surface area (Å²) in [7, 11) is 0. The maximum atomic E-state index is 12.2. The Morgan fingerprint density at radius 3 is 2.54 bits per heavy atom. The topological polar surface area (TPSA) is 81.4 Å². The fourth-order valence-electron chi connectivity index (χ4n) is 2.49. The molecule has 26 heavy (non-hydrogen) atoms. The molecule has 2 aromatic rings. The van der Waals surface area contributed by atoms with Crippen LogP contribution in [0.25, 0.3) is 0 Å². The van der Waals surface area contributed by atoms with Crippen LogP contribution < -0.4 is 11.1 Å². The first-order valence-electron chi connectivity index (χ1n) is 8.18. The van der Waals surface area contributed by atoms with E-state index >= 15 is 0 Å². The zero-order valence-electron chi connectivity index (χ0n) is 14.3. The van der Waals surface area contributed by atoms with Crippen LogP contribution in [0.1, 0.15) is 41.7 Å². The van der Waals surface area contributed by atoms with E-state index in [2.05, 4.69) is 5.32 Å². The van der Waals surface area contributed by atoms with Gasteiger partial charge in [0.25, 0.3) is 5.91 Å². The van der Waals surface area contributed by atoms with Gasteiger partial charge in [0.2, 0.25) is 0 Å². The number of esters is 1. The zero-order valence-corrected chi connectivity index (χ0v) is 15.8. The van der Waals surface area contributed by atoms with E-state index in [-0.39, 0.29) is 27.3 Å². The van der Waals surface area contributed by atoms with E-state index in [4.69, 9.17) is 33.7 Å². The smallest absolute Gasteiger partial charge is 0.340 e. The zero-order chi connectivity index (χ0) is 19.1. The average Bonchev–Trinajstić information content (AvgIpc) is 2.63. The highest BCUT2D eigenvalue weighted by atomic mass is 35.5. The summed E-state index contributed by atoms with van der Waals surface area (Å²) in [5.74, 6) is -1.15. The quantitative estimate of drug-likeness (QED) is 0.538. The summed E-state index contributed by atoms with van der Waals surface area (Å²) >= 11 is 11.8. The molecule has 0 radical (unpaired) electrons. The molecule has 0 heterocycles. The second kappa shape index (κ2) is 9.46. The molecule has 0 saturated heterocycles. The summed E-state index contributed by atoms with van der Waals surface area (Å²) in [4.78, 5) is 24.3. The minimum absolute atomic E-state index is 0.0310. The summed E-state index contributed by atoms with van der Waals surface area (Å²) in [5.41, 5.74) is 6.86. The molecule has 0 saturated carbocycles. The van der Waals surface area contributed by atoms with Gasteiger partial charge in [0.15, 0.2) is 6.61 Å². The number of nitrogen functional groups attached to an aromatic ring is 1. The summed E-state index contributed by atoms with van der Waals surface area (Å²) < 4.78 is 5.05. The molecule has 2 rings (SSSR count). The van der Waals surface area contributed by atoms with E-state index in [1.165, 1.54) is 12.1 Å². The Morgan fingerprint density at radius 1 is 1.19 bits per heavy atom. The lowest BCUT2D eigenvalue weighted by Crippen LogP contribution is -2.32. The third-order valence-electron chi connectivity index (χ3n) is 3.76. The molecular weight excluding hydrogens is 375 g/mol. The second-order valence-corrected chi connectivity index (χ2v) is 6.59. The van der Waals surface area contributed by atoms with E-state index in [0.717, 1.165) is 18.4 Å². The van der Waals surface area contributed by atoms with Crippen molar-refractivity contribution in [2.75, 3.05) is 12.3 Å². The minimum Gasteiger partial charge on any atom is -0.452 e. The fourth-order valence-corrected chi connectivity index (χ4v) is 2.99. The van der Waals surface area contributed by atoms with E-state index in [0.29, 0.717) is 0 Å². The Balaban J connectivity index is 1.98. The molecule has 7 heteroatoms. The van der Waals surface area contributed by atoms with Crippen molar-refractivity contribution >= 4 is 40.8 Å². The number of hydrogen-bond acceptors (Lipinski definition) is 4. The van der Waals surface area contributed by atoms with Gasteiger partial charge in [-0.1, -0.05) is 66.9 Å². The first kappa shape index (κ1) is 20.1. The number of rotatable bonds is 7. The number of halogens is 2. The molecular formula is C19H20Cl2N2O3. The van der Waals surface area contributed by atoms with Crippen LogP contribution in [-0.4, -0.2) is 18.5 Å². The highest BCUT2D eigenvalue weighted by molar-refractivity contribution is 6.37. The number of carbonyl (C=O) groups is 2. The number of anilines is 1. The van der Waals surface area contributed by atoms with Crippen LogP contribution in [0.5, 0.6) is 0 Å². The molecule has 0 fully saturated rings. The predicted octanol–water partition coefficient (Wildman–Crippen LogP) is 4.39. The number of amides is 1. The van der Waals surface area contributed by atoms with Crippen molar-refractivity contribution < 1.29 is 14.3 Å². The maximum Gasteiger partial charge on any atom is 0.340 e. The second-order valence-electron chi connectivity index (χ2n) is 5.74. The van der Waals surface area contributed by atoms with Crippen LogP contribution in [0.3, 0.4) is 0 Å². The van der Waals surface area contributed by atoms with Gasteiger partial charge in [0, 0.05) is 5.02 Å². The number of carbonyl (C=O) groups excluding carboxylic acids is 2. The Morgan fingerprint density at radius 2 is 1.88 bits per heavy atom. The maximum absolute atomic E-state index is 12.2. The fraction of sp³-hybridized carbons (Fsp3) is 0.263. The van der Waals surface area contributed by atoms with Gasteiger partial charge >= 0.3 is 5.97 Å². The molecule has 0 bridgehead atoms. The van der Waals surface area contributed by atoms with Crippen molar-refractivity contribution in [3.8, 4) is 0 Å². The Bertz CT molecular complexity index is 782. The summed E-state index contributed by atoms with van der Waals surface area (Å²) in [6, 6.07) is 12.3. The molecule has 1 amide bonds. The van der Waals surface area contributed by atoms with E-state index < -0.39 is 18.5 Å². The van der Waals surface area contributed by atoms with Crippen LogP contribution in [0.2, 0.25) is 10.0 Å². The van der Waals surface area contributed by atoms with Gasteiger partial charge in [-0.15, -0.1) is 0 Å². The molecule has 0 aliphatic heterocycles. The molecule has 3 N–H and O–H groups in total. The number of benzene rings is 2. The van der Waals surface area contributed by atoms with Gasteiger partial charge in [-0.25, -0.2) is 4.79 Å². The molecule has 0 spiro atoms. The number of nitrogens with one attached hydrogen (secondary N) is 1. The molecule has 2 aromatic carbocycles. The lowest BCUT2D eigenvalue weighted by molar-refractivity contribution is -0.125. The first-order valence-corrected chi connectivity index (χ1v) is 8.94. The molecule has 0 aliphatic rings. The Kier molecular flexibility index (Phi) is 7.30. The monoisotopic (exact) mass is 394 g/mol. The number of hydrogen-bond donors (Lipinski definition) is 2. The lowest BCUT2D eigenvalue weighted by atomic mass is 10.0. The van der Waals surface area contributed by atoms with Crippen molar-refractivity contribution in [3.63, 3.8) is 0 Å². The Labute approximate surface area is 162 Å². The normalized spacial score (nSPS) is 11.7. The molecule has 0 unspecified atom stereocenters. The van der Waals surface area contributed by atoms with Gasteiger partial charge in [0.1, 0.15) is 0 Å². The van der Waals surface area contributed by atoms with Crippen molar-refractivity contribution in [2.24, 2.45) is 0 Å². The van der Waals surface area contributed by atoms with Gasteiger partial charge < -0.3 is 15.8 Å². The van der Waals surface area contributed by atoms with Crippen LogP contribution >= 0.6 is 23.2 Å². The molecule has 138 valence electrons. The largest absolute Gasteiger partial charge is 0.452 e. The average molecular weight is 395 g/mol. The molecule has 0 aromatic heterocycles. The summed E-state index contributed by atoms with van der Waals surface area (Å²) in [6.07, 6.45) is 1.68. The van der Waals surface area contributed by atoms with E-state index in [1.807, 2.05) is 37.3 Å². The van der Waals surface area contributed by atoms with Crippen molar-refractivity contribution in [1.82, 2.24) is 5.32 Å². The van der Waals surface area contributed by atoms with Gasteiger partial charge in [-0.3, -0.25) is 4.79 Å². The third-order valence-corrected chi connectivity index (χ3v) is 4.29. The van der Waals surface area contributed by atoms with Gasteiger partial charge in [0.05, 0.1) is 22.3 Å². The van der Waals surface area contributed by atoms with E-state index in [9.17, 15) is 9.59 Å². The number of ether oxygens (including phenoxy) is 1. The van der Waals surface area contributed by atoms with E-state index in [1.54, 1.807) is 0 Å².